The Labute approximate surface area is 171 Å². The van der Waals surface area contributed by atoms with E-state index in [1.165, 1.54) is 11.1 Å². The molecule has 0 saturated carbocycles. The molecule has 0 aliphatic carbocycles. The number of phenolic OH excluding ortho intramolecular Hbond substituents is 1. The Hall–Kier alpha value is -2.82. The molecule has 2 aromatic carbocycles. The quantitative estimate of drug-likeness (QED) is 0.868. The number of hydrogen-bond donors (Lipinski definition) is 1. The summed E-state index contributed by atoms with van der Waals surface area (Å²) < 4.78 is 0. The Bertz CT molecular complexity index is 885. The minimum Gasteiger partial charge on any atom is -0.508 e. The second-order valence-corrected chi connectivity index (χ2v) is 8.13. The standard InChI is InChI=1S/C24H28N2O3/c1-17(27)26-15-12-20-4-2-3-5-22(20)23(26)16-24(29)25-13-10-19(11-14-25)18-6-8-21(28)9-7-18/h2-9,19,23,28H,10-16H2,1H3. The zero-order valence-corrected chi connectivity index (χ0v) is 16.9. The lowest BCUT2D eigenvalue weighted by atomic mass is 9.88. The van der Waals surface area contributed by atoms with Crippen molar-refractivity contribution in [3.63, 3.8) is 0 Å². The van der Waals surface area contributed by atoms with Crippen molar-refractivity contribution in [1.29, 1.82) is 0 Å². The molecule has 0 bridgehead atoms. The fourth-order valence-electron chi connectivity index (χ4n) is 4.75. The second kappa shape index (κ2) is 8.27. The maximum atomic E-state index is 13.1. The third kappa shape index (κ3) is 4.14. The number of fused-ring (bicyclic) bond motifs is 1. The Morgan fingerprint density at radius 3 is 2.38 bits per heavy atom. The van der Waals surface area contributed by atoms with Gasteiger partial charge in [0, 0.05) is 26.6 Å². The zero-order valence-electron chi connectivity index (χ0n) is 16.9. The van der Waals surface area contributed by atoms with Crippen molar-refractivity contribution in [3.05, 3.63) is 65.2 Å². The van der Waals surface area contributed by atoms with Crippen LogP contribution >= 0.6 is 0 Å². The molecule has 5 nitrogen and oxygen atoms in total. The Morgan fingerprint density at radius 2 is 1.69 bits per heavy atom. The SMILES string of the molecule is CC(=O)N1CCc2ccccc2C1CC(=O)N1CCC(c2ccc(O)cc2)CC1. The molecule has 1 N–H and O–H groups in total. The number of piperidine rings is 1. The topological polar surface area (TPSA) is 60.9 Å². The molecule has 0 spiro atoms. The third-order valence-electron chi connectivity index (χ3n) is 6.40. The van der Waals surface area contributed by atoms with Crippen LogP contribution in [0.2, 0.25) is 0 Å². The Kier molecular flexibility index (Phi) is 5.56. The van der Waals surface area contributed by atoms with Crippen molar-refractivity contribution < 1.29 is 14.7 Å². The zero-order chi connectivity index (χ0) is 20.4. The smallest absolute Gasteiger partial charge is 0.224 e. The first-order chi connectivity index (χ1) is 14.0. The van der Waals surface area contributed by atoms with Crippen molar-refractivity contribution in [1.82, 2.24) is 9.80 Å². The van der Waals surface area contributed by atoms with Crippen molar-refractivity contribution in [2.45, 2.75) is 44.6 Å². The highest BCUT2D eigenvalue weighted by Crippen LogP contribution is 2.34. The molecule has 2 heterocycles. The predicted molar refractivity (Wildman–Crippen MR) is 112 cm³/mol. The van der Waals surface area contributed by atoms with E-state index in [0.29, 0.717) is 18.9 Å². The lowest BCUT2D eigenvalue weighted by molar-refractivity contribution is -0.137. The summed E-state index contributed by atoms with van der Waals surface area (Å²) >= 11 is 0. The Morgan fingerprint density at radius 1 is 1.00 bits per heavy atom. The predicted octanol–water partition coefficient (Wildman–Crippen LogP) is 3.63. The number of carbonyl (C=O) groups is 2. The third-order valence-corrected chi connectivity index (χ3v) is 6.40. The molecule has 5 heteroatoms. The van der Waals surface area contributed by atoms with Crippen LogP contribution in [-0.2, 0) is 16.0 Å². The summed E-state index contributed by atoms with van der Waals surface area (Å²) in [4.78, 5) is 29.1. The van der Waals surface area contributed by atoms with Crippen LogP contribution in [0.4, 0.5) is 0 Å². The summed E-state index contributed by atoms with van der Waals surface area (Å²) in [7, 11) is 0. The van der Waals surface area contributed by atoms with Crippen molar-refractivity contribution in [2.24, 2.45) is 0 Å². The van der Waals surface area contributed by atoms with Crippen molar-refractivity contribution in [2.75, 3.05) is 19.6 Å². The van der Waals surface area contributed by atoms with Gasteiger partial charge in [-0.15, -0.1) is 0 Å². The maximum Gasteiger partial charge on any atom is 0.224 e. The van der Waals surface area contributed by atoms with Crippen LogP contribution in [0, 0.1) is 0 Å². The summed E-state index contributed by atoms with van der Waals surface area (Å²) in [5, 5.41) is 9.47. The van der Waals surface area contributed by atoms with Gasteiger partial charge in [0.05, 0.1) is 12.5 Å². The lowest BCUT2D eigenvalue weighted by Crippen LogP contribution is -2.43. The minimum atomic E-state index is -0.167. The summed E-state index contributed by atoms with van der Waals surface area (Å²) in [6.45, 7) is 3.74. The van der Waals surface area contributed by atoms with E-state index in [0.717, 1.165) is 37.9 Å². The highest BCUT2D eigenvalue weighted by atomic mass is 16.3. The van der Waals surface area contributed by atoms with Gasteiger partial charge in [-0.1, -0.05) is 36.4 Å². The van der Waals surface area contributed by atoms with Crippen molar-refractivity contribution in [3.8, 4) is 5.75 Å². The normalized spacial score (nSPS) is 19.7. The van der Waals surface area contributed by atoms with Crippen LogP contribution in [0.5, 0.6) is 5.75 Å². The highest BCUT2D eigenvalue weighted by Gasteiger charge is 2.33. The number of carbonyl (C=O) groups excluding carboxylic acids is 2. The molecule has 0 radical (unpaired) electrons. The summed E-state index contributed by atoms with van der Waals surface area (Å²) in [6.07, 6.45) is 3.04. The van der Waals surface area contributed by atoms with Gasteiger partial charge in [-0.3, -0.25) is 9.59 Å². The monoisotopic (exact) mass is 392 g/mol. The molecule has 2 aromatic rings. The van der Waals surface area contributed by atoms with Crippen LogP contribution in [0.1, 0.15) is 54.8 Å². The first kappa shape index (κ1) is 19.5. The molecular formula is C24H28N2O3. The van der Waals surface area contributed by atoms with Gasteiger partial charge < -0.3 is 14.9 Å². The van der Waals surface area contributed by atoms with Gasteiger partial charge in [0.15, 0.2) is 0 Å². The number of benzene rings is 2. The second-order valence-electron chi connectivity index (χ2n) is 8.13. The maximum absolute atomic E-state index is 13.1. The van der Waals surface area contributed by atoms with E-state index >= 15 is 0 Å². The molecule has 0 aromatic heterocycles. The number of rotatable bonds is 3. The molecule has 29 heavy (non-hydrogen) atoms. The van der Waals surface area contributed by atoms with E-state index in [1.54, 1.807) is 19.1 Å². The molecule has 2 amide bonds. The molecular weight excluding hydrogens is 364 g/mol. The molecule has 2 aliphatic heterocycles. The van der Waals surface area contributed by atoms with Crippen LogP contribution in [0.3, 0.4) is 0 Å². The number of amides is 2. The fraction of sp³-hybridized carbons (Fsp3) is 0.417. The molecule has 4 rings (SSSR count). The van der Waals surface area contributed by atoms with E-state index in [4.69, 9.17) is 0 Å². The lowest BCUT2D eigenvalue weighted by Gasteiger charge is -2.38. The highest BCUT2D eigenvalue weighted by molar-refractivity contribution is 5.80. The fourth-order valence-corrected chi connectivity index (χ4v) is 4.75. The van der Waals surface area contributed by atoms with Crippen LogP contribution in [0.15, 0.2) is 48.5 Å². The number of phenols is 1. The van der Waals surface area contributed by atoms with E-state index < -0.39 is 0 Å². The van der Waals surface area contributed by atoms with Crippen LogP contribution < -0.4 is 0 Å². The van der Waals surface area contributed by atoms with Gasteiger partial charge in [0.25, 0.3) is 0 Å². The van der Waals surface area contributed by atoms with Gasteiger partial charge >= 0.3 is 0 Å². The molecule has 1 saturated heterocycles. The Balaban J connectivity index is 1.42. The molecule has 2 aliphatic rings. The largest absolute Gasteiger partial charge is 0.508 e. The minimum absolute atomic E-state index is 0.0309. The average molecular weight is 392 g/mol. The number of likely N-dealkylation sites (tertiary alicyclic amines) is 1. The first-order valence-corrected chi connectivity index (χ1v) is 10.4. The van der Waals surface area contributed by atoms with Crippen molar-refractivity contribution >= 4 is 11.8 Å². The van der Waals surface area contributed by atoms with Gasteiger partial charge in [-0.05, 0) is 54.0 Å². The van der Waals surface area contributed by atoms with Gasteiger partial charge in [0.1, 0.15) is 5.75 Å². The molecule has 1 fully saturated rings. The molecule has 1 atom stereocenters. The summed E-state index contributed by atoms with van der Waals surface area (Å²) in [5.74, 6) is 0.860. The van der Waals surface area contributed by atoms with Crippen LogP contribution in [0.25, 0.3) is 0 Å². The van der Waals surface area contributed by atoms with E-state index in [9.17, 15) is 14.7 Å². The molecule has 1 unspecified atom stereocenters. The summed E-state index contributed by atoms with van der Waals surface area (Å²) in [5.41, 5.74) is 3.58. The van der Waals surface area contributed by atoms with E-state index in [2.05, 4.69) is 12.1 Å². The summed E-state index contributed by atoms with van der Waals surface area (Å²) in [6, 6.07) is 15.4. The number of aromatic hydroxyl groups is 1. The molecule has 152 valence electrons. The number of nitrogens with zero attached hydrogens (tertiary/aromatic N) is 2. The first-order valence-electron chi connectivity index (χ1n) is 10.4. The van der Waals surface area contributed by atoms with Gasteiger partial charge in [-0.2, -0.15) is 0 Å². The average Bonchev–Trinajstić information content (AvgIpc) is 2.74. The van der Waals surface area contributed by atoms with Gasteiger partial charge in [-0.25, -0.2) is 0 Å². The van der Waals surface area contributed by atoms with Gasteiger partial charge in [0.2, 0.25) is 11.8 Å². The van der Waals surface area contributed by atoms with Crippen LogP contribution in [-0.4, -0.2) is 46.4 Å². The number of hydrogen-bond acceptors (Lipinski definition) is 3. The van der Waals surface area contributed by atoms with E-state index in [-0.39, 0.29) is 23.6 Å². The van der Waals surface area contributed by atoms with E-state index in [1.807, 2.05) is 34.1 Å².